The van der Waals surface area contributed by atoms with Crippen molar-refractivity contribution in [2.45, 2.75) is 34.6 Å². The minimum Gasteiger partial charge on any atom is -0.269 e. The molecule has 0 fully saturated rings. The van der Waals surface area contributed by atoms with Gasteiger partial charge in [-0.25, -0.2) is 0 Å². The molecule has 13 heavy (non-hydrogen) atoms. The summed E-state index contributed by atoms with van der Waals surface area (Å²) in [4.78, 5) is 0. The van der Waals surface area contributed by atoms with Crippen LogP contribution in [-0.2, 0) is 20.4 Å². The Labute approximate surface area is 90.6 Å². The SMILES string of the molecule is CC1=C(C)C(C)(C)[C]([Ti])=C1C.F.F. The topological polar surface area (TPSA) is 0 Å². The van der Waals surface area contributed by atoms with Gasteiger partial charge in [0.05, 0.1) is 0 Å². The van der Waals surface area contributed by atoms with Crippen LogP contribution >= 0.6 is 0 Å². The first kappa shape index (κ1) is 15.5. The van der Waals surface area contributed by atoms with Gasteiger partial charge in [-0.3, -0.25) is 9.41 Å². The third-order valence-corrected chi connectivity index (χ3v) is 4.62. The number of hydrogen-bond donors (Lipinski definition) is 0. The van der Waals surface area contributed by atoms with Crippen molar-refractivity contribution in [3.8, 4) is 0 Å². The van der Waals surface area contributed by atoms with Crippen LogP contribution in [0.25, 0.3) is 0 Å². The fourth-order valence-corrected chi connectivity index (χ4v) is 2.18. The zero-order chi connectivity index (χ0) is 8.81. The molecule has 0 bridgehead atoms. The summed E-state index contributed by atoms with van der Waals surface area (Å²) in [5.41, 5.74) is 4.83. The molecule has 0 aliphatic heterocycles. The minimum atomic E-state index is 0. The summed E-state index contributed by atoms with van der Waals surface area (Å²) in [5, 5.41) is 0. The maximum atomic E-state index is 2.30. The molecule has 1 rings (SSSR count). The summed E-state index contributed by atoms with van der Waals surface area (Å²) >= 11 is 2.25. The van der Waals surface area contributed by atoms with E-state index in [0.717, 1.165) is 0 Å². The molecule has 0 aromatic carbocycles. The van der Waals surface area contributed by atoms with Crippen LogP contribution in [0.3, 0.4) is 0 Å². The molecule has 0 aromatic heterocycles. The molecule has 0 aromatic rings. The van der Waals surface area contributed by atoms with E-state index >= 15 is 0 Å². The van der Waals surface area contributed by atoms with Gasteiger partial charge in [-0.2, -0.15) is 0 Å². The van der Waals surface area contributed by atoms with Crippen LogP contribution in [0.4, 0.5) is 9.41 Å². The first-order valence-electron chi connectivity index (χ1n) is 4.00. The predicted octanol–water partition coefficient (Wildman–Crippen LogP) is 3.49. The predicted molar refractivity (Wildman–Crippen MR) is 49.9 cm³/mol. The van der Waals surface area contributed by atoms with E-state index in [0.29, 0.717) is 5.41 Å². The summed E-state index contributed by atoms with van der Waals surface area (Å²) in [6.07, 6.45) is 0. The van der Waals surface area contributed by atoms with Crippen molar-refractivity contribution in [2.24, 2.45) is 5.41 Å². The van der Waals surface area contributed by atoms with Gasteiger partial charge in [-0.05, 0) is 0 Å². The molecule has 3 heteroatoms. The summed E-state index contributed by atoms with van der Waals surface area (Å²) in [7, 11) is 0. The van der Waals surface area contributed by atoms with E-state index < -0.39 is 0 Å². The molecule has 0 nitrogen and oxygen atoms in total. The van der Waals surface area contributed by atoms with Gasteiger partial charge in [-0.1, -0.05) is 0 Å². The zero-order valence-electron chi connectivity index (χ0n) is 8.82. The minimum absolute atomic E-state index is 0. The van der Waals surface area contributed by atoms with Crippen molar-refractivity contribution in [2.75, 3.05) is 0 Å². The average Bonchev–Trinajstić information content (AvgIpc) is 2.06. The first-order chi connectivity index (χ1) is 4.89. The second kappa shape index (κ2) is 4.52. The molecule has 75 valence electrons. The second-order valence-corrected chi connectivity index (χ2v) is 4.66. The Morgan fingerprint density at radius 3 is 1.38 bits per heavy atom. The first-order valence-corrected chi connectivity index (χ1v) is 4.78. The van der Waals surface area contributed by atoms with Crippen LogP contribution < -0.4 is 0 Å². The molecule has 1 aliphatic carbocycles. The maximum Gasteiger partial charge on any atom is -0.269 e. The second-order valence-electron chi connectivity index (χ2n) is 3.88. The van der Waals surface area contributed by atoms with E-state index in [-0.39, 0.29) is 9.41 Å². The van der Waals surface area contributed by atoms with Crippen molar-refractivity contribution in [1.82, 2.24) is 0 Å². The van der Waals surface area contributed by atoms with E-state index in [2.05, 4.69) is 55.1 Å². The third kappa shape index (κ3) is 2.11. The molecule has 0 unspecified atom stereocenters. The van der Waals surface area contributed by atoms with Gasteiger partial charge in [0.2, 0.25) is 0 Å². The van der Waals surface area contributed by atoms with Gasteiger partial charge in [0, 0.05) is 0 Å². The van der Waals surface area contributed by atoms with E-state index in [4.69, 9.17) is 0 Å². The Morgan fingerprint density at radius 1 is 0.923 bits per heavy atom. The van der Waals surface area contributed by atoms with Crippen LogP contribution in [-0.4, -0.2) is 0 Å². The fraction of sp³-hybridized carbons (Fsp3) is 0.600. The van der Waals surface area contributed by atoms with Crippen LogP contribution in [0.1, 0.15) is 34.6 Å². The van der Waals surface area contributed by atoms with E-state index in [1.54, 1.807) is 0 Å². The standard InChI is InChI=1S/C10H15.2FH.Ti/c1-7-6-10(4,5)9(3)8(7)2;;;/h1-5H3;2*1H;. The number of allylic oxidation sites excluding steroid dienone is 4. The van der Waals surface area contributed by atoms with Crippen LogP contribution in [0.2, 0.25) is 0 Å². The molecule has 0 saturated carbocycles. The molecule has 0 atom stereocenters. The Hall–Kier alpha value is 0.0543. The molecule has 0 amide bonds. The van der Waals surface area contributed by atoms with Gasteiger partial charge >= 0.3 is 81.1 Å². The van der Waals surface area contributed by atoms with Crippen molar-refractivity contribution in [1.29, 1.82) is 0 Å². The van der Waals surface area contributed by atoms with E-state index in [1.807, 2.05) is 0 Å². The molecule has 0 spiro atoms. The van der Waals surface area contributed by atoms with Crippen LogP contribution in [0, 0.1) is 5.41 Å². The van der Waals surface area contributed by atoms with Gasteiger partial charge in [0.1, 0.15) is 0 Å². The third-order valence-electron chi connectivity index (χ3n) is 3.06. The van der Waals surface area contributed by atoms with Crippen molar-refractivity contribution in [3.05, 3.63) is 20.6 Å². The summed E-state index contributed by atoms with van der Waals surface area (Å²) in [6, 6.07) is 0. The molecule has 0 N–H and O–H groups in total. The number of rotatable bonds is 0. The van der Waals surface area contributed by atoms with E-state index in [1.165, 1.54) is 20.6 Å². The summed E-state index contributed by atoms with van der Waals surface area (Å²) < 4.78 is 1.53. The average molecular weight is 223 g/mol. The molecular weight excluding hydrogens is 206 g/mol. The van der Waals surface area contributed by atoms with Crippen molar-refractivity contribution >= 4 is 0 Å². The fourth-order valence-electron chi connectivity index (χ4n) is 1.59. The van der Waals surface area contributed by atoms with Crippen molar-refractivity contribution < 1.29 is 29.8 Å². The Bertz CT molecular complexity index is 236. The normalized spacial score (nSPS) is 19.7. The largest absolute Gasteiger partial charge is 0.269 e. The molecule has 0 radical (unpaired) electrons. The number of halogens is 2. The van der Waals surface area contributed by atoms with Gasteiger partial charge in [-0.15, -0.1) is 0 Å². The quantitative estimate of drug-likeness (QED) is 0.551. The van der Waals surface area contributed by atoms with Gasteiger partial charge < -0.3 is 0 Å². The molecule has 0 heterocycles. The Balaban J connectivity index is 0. The summed E-state index contributed by atoms with van der Waals surface area (Å²) in [5.74, 6) is 0. The Morgan fingerprint density at radius 2 is 1.31 bits per heavy atom. The molecule has 0 saturated heterocycles. The molecule has 1 aliphatic rings. The maximum absolute atomic E-state index is 2.30. The molecular formula is C10H17F2Ti. The summed E-state index contributed by atoms with van der Waals surface area (Å²) in [6.45, 7) is 11.3. The van der Waals surface area contributed by atoms with Crippen molar-refractivity contribution in [3.63, 3.8) is 0 Å². The smallest absolute Gasteiger partial charge is 0.269 e. The zero-order valence-corrected chi connectivity index (χ0v) is 10.4. The number of hydrogen-bond acceptors (Lipinski definition) is 0. The Kier molecular flexibility index (Phi) is 5.40. The van der Waals surface area contributed by atoms with Crippen LogP contribution in [0.5, 0.6) is 0 Å². The monoisotopic (exact) mass is 223 g/mol. The van der Waals surface area contributed by atoms with Crippen LogP contribution in [0.15, 0.2) is 20.6 Å². The van der Waals surface area contributed by atoms with Gasteiger partial charge in [0.25, 0.3) is 0 Å². The van der Waals surface area contributed by atoms with Gasteiger partial charge in [0.15, 0.2) is 0 Å². The van der Waals surface area contributed by atoms with E-state index in [9.17, 15) is 0 Å².